The van der Waals surface area contributed by atoms with Gasteiger partial charge in [0.1, 0.15) is 4.92 Å². The number of aliphatic hydroxyl groups is 1. The molecule has 19 heavy (non-hydrogen) atoms. The molecule has 0 saturated heterocycles. The van der Waals surface area contributed by atoms with E-state index in [0.717, 1.165) is 18.4 Å². The van der Waals surface area contributed by atoms with Gasteiger partial charge in [0.05, 0.1) is 6.07 Å². The van der Waals surface area contributed by atoms with E-state index < -0.39 is 4.92 Å². The lowest BCUT2D eigenvalue weighted by atomic mass is 10.1. The molecular weight excluding hydrogens is 248 g/mol. The standard InChI is InChI=1S/C13H15N2O4/c16-9-1-2-11-5-7-14(8-6-11)10-12-3-4-13(19-12)15(17)18/h3-8,16H,1-2,9-10H2/q+1. The number of aliphatic hydroxyl groups excluding tert-OH is 1. The lowest BCUT2D eigenvalue weighted by molar-refractivity contribution is -0.690. The van der Waals surface area contributed by atoms with Gasteiger partial charge >= 0.3 is 5.88 Å². The van der Waals surface area contributed by atoms with E-state index in [0.29, 0.717) is 12.3 Å². The Bertz CT molecular complexity index is 548. The maximum Gasteiger partial charge on any atom is 0.433 e. The molecule has 0 aromatic carbocycles. The van der Waals surface area contributed by atoms with E-state index >= 15 is 0 Å². The predicted octanol–water partition coefficient (Wildman–Crippen LogP) is 1.45. The molecule has 1 N–H and O–H groups in total. The van der Waals surface area contributed by atoms with Crippen molar-refractivity contribution in [1.82, 2.24) is 0 Å². The fourth-order valence-corrected chi connectivity index (χ4v) is 1.77. The van der Waals surface area contributed by atoms with Crippen LogP contribution in [0.25, 0.3) is 0 Å². The van der Waals surface area contributed by atoms with Crippen molar-refractivity contribution in [3.63, 3.8) is 0 Å². The van der Waals surface area contributed by atoms with Crippen LogP contribution in [0.5, 0.6) is 0 Å². The third-order valence-corrected chi connectivity index (χ3v) is 2.75. The van der Waals surface area contributed by atoms with Gasteiger partial charge in [-0.15, -0.1) is 0 Å². The molecule has 2 heterocycles. The first kappa shape index (κ1) is 13.2. The highest BCUT2D eigenvalue weighted by Gasteiger charge is 2.14. The van der Waals surface area contributed by atoms with Crippen molar-refractivity contribution in [2.75, 3.05) is 6.61 Å². The summed E-state index contributed by atoms with van der Waals surface area (Å²) in [5.41, 5.74) is 1.15. The van der Waals surface area contributed by atoms with Crippen molar-refractivity contribution in [3.05, 3.63) is 58.1 Å². The zero-order valence-corrected chi connectivity index (χ0v) is 10.4. The summed E-state index contributed by atoms with van der Waals surface area (Å²) in [6.45, 7) is 0.638. The van der Waals surface area contributed by atoms with E-state index in [4.69, 9.17) is 9.52 Å². The number of aromatic nitrogens is 1. The highest BCUT2D eigenvalue weighted by atomic mass is 16.6. The Hall–Kier alpha value is -2.21. The number of aryl methyl sites for hydroxylation is 1. The Morgan fingerprint density at radius 2 is 2.00 bits per heavy atom. The second kappa shape index (κ2) is 6.10. The molecule has 0 unspecified atom stereocenters. The first-order valence-corrected chi connectivity index (χ1v) is 6.01. The van der Waals surface area contributed by atoms with Gasteiger partial charge in [0.25, 0.3) is 0 Å². The van der Waals surface area contributed by atoms with Crippen molar-refractivity contribution in [2.45, 2.75) is 19.4 Å². The SMILES string of the molecule is O=[N+]([O-])c1ccc(C[n+]2ccc(CCCO)cc2)o1. The summed E-state index contributed by atoms with van der Waals surface area (Å²) in [5.74, 6) is 0.301. The van der Waals surface area contributed by atoms with Gasteiger partial charge in [-0.25, -0.2) is 0 Å². The highest BCUT2D eigenvalue weighted by molar-refractivity contribution is 5.17. The van der Waals surface area contributed by atoms with Gasteiger partial charge in [-0.05, 0) is 24.5 Å². The van der Waals surface area contributed by atoms with Crippen molar-refractivity contribution < 1.29 is 19.0 Å². The molecule has 0 amide bonds. The summed E-state index contributed by atoms with van der Waals surface area (Å²) in [6, 6.07) is 6.89. The number of nitro groups is 1. The van der Waals surface area contributed by atoms with Gasteiger partial charge in [-0.1, -0.05) is 0 Å². The maximum atomic E-state index is 10.5. The summed E-state index contributed by atoms with van der Waals surface area (Å²) in [4.78, 5) is 9.95. The lowest BCUT2D eigenvalue weighted by Crippen LogP contribution is -2.32. The number of pyridine rings is 1. The molecule has 100 valence electrons. The number of furan rings is 1. The largest absolute Gasteiger partial charge is 0.433 e. The molecule has 0 atom stereocenters. The van der Waals surface area contributed by atoms with Crippen LogP contribution >= 0.6 is 0 Å². The van der Waals surface area contributed by atoms with Crippen LogP contribution in [0.1, 0.15) is 17.7 Å². The van der Waals surface area contributed by atoms with Gasteiger partial charge in [0.2, 0.25) is 6.54 Å². The van der Waals surface area contributed by atoms with Crippen molar-refractivity contribution >= 4 is 5.88 Å². The zero-order chi connectivity index (χ0) is 13.7. The molecule has 0 spiro atoms. The molecule has 0 saturated carbocycles. The molecule has 0 aliphatic rings. The number of hydrogen-bond acceptors (Lipinski definition) is 4. The second-order valence-electron chi connectivity index (χ2n) is 4.20. The Morgan fingerprint density at radius 3 is 2.58 bits per heavy atom. The summed E-state index contributed by atoms with van der Waals surface area (Å²) in [7, 11) is 0. The summed E-state index contributed by atoms with van der Waals surface area (Å²) < 4.78 is 6.97. The quantitative estimate of drug-likeness (QED) is 0.486. The Balaban J connectivity index is 2.00. The zero-order valence-electron chi connectivity index (χ0n) is 10.4. The first-order valence-electron chi connectivity index (χ1n) is 6.01. The minimum absolute atomic E-state index is 0.185. The van der Waals surface area contributed by atoms with Crippen LogP contribution in [0.3, 0.4) is 0 Å². The van der Waals surface area contributed by atoms with Crippen molar-refractivity contribution in [2.24, 2.45) is 0 Å². The van der Waals surface area contributed by atoms with Crippen LogP contribution in [-0.2, 0) is 13.0 Å². The normalized spacial score (nSPS) is 10.6. The molecule has 2 aromatic rings. The van der Waals surface area contributed by atoms with E-state index in [1.165, 1.54) is 6.07 Å². The molecule has 0 aliphatic carbocycles. The monoisotopic (exact) mass is 263 g/mol. The highest BCUT2D eigenvalue weighted by Crippen LogP contribution is 2.15. The minimum Gasteiger partial charge on any atom is -0.399 e. The van der Waals surface area contributed by atoms with Crippen molar-refractivity contribution in [3.8, 4) is 0 Å². The smallest absolute Gasteiger partial charge is 0.399 e. The molecule has 6 nitrogen and oxygen atoms in total. The van der Waals surface area contributed by atoms with E-state index in [2.05, 4.69) is 0 Å². The Morgan fingerprint density at radius 1 is 1.26 bits per heavy atom. The van der Waals surface area contributed by atoms with Gasteiger partial charge in [-0.3, -0.25) is 10.1 Å². The van der Waals surface area contributed by atoms with Crippen LogP contribution in [0, 0.1) is 10.1 Å². The predicted molar refractivity (Wildman–Crippen MR) is 66.5 cm³/mol. The number of rotatable bonds is 6. The first-order chi connectivity index (χ1) is 9.19. The van der Waals surface area contributed by atoms with Gasteiger partial charge in [-0.2, -0.15) is 4.57 Å². The molecule has 0 bridgehead atoms. The van der Waals surface area contributed by atoms with Crippen LogP contribution in [0.2, 0.25) is 0 Å². The van der Waals surface area contributed by atoms with Gasteiger partial charge in [0, 0.05) is 18.7 Å². The molecule has 6 heteroatoms. The van der Waals surface area contributed by atoms with Crippen LogP contribution in [0.15, 0.2) is 41.1 Å². The summed E-state index contributed by atoms with van der Waals surface area (Å²) in [6.07, 6.45) is 5.36. The van der Waals surface area contributed by atoms with Gasteiger partial charge in [0.15, 0.2) is 18.2 Å². The Labute approximate surface area is 110 Å². The molecule has 2 rings (SSSR count). The van der Waals surface area contributed by atoms with Crippen LogP contribution in [0.4, 0.5) is 5.88 Å². The molecule has 0 fully saturated rings. The van der Waals surface area contributed by atoms with E-state index in [1.54, 1.807) is 6.07 Å². The second-order valence-corrected chi connectivity index (χ2v) is 4.20. The third-order valence-electron chi connectivity index (χ3n) is 2.75. The maximum absolute atomic E-state index is 10.5. The fourth-order valence-electron chi connectivity index (χ4n) is 1.77. The van der Waals surface area contributed by atoms with Crippen molar-refractivity contribution in [1.29, 1.82) is 0 Å². The average Bonchev–Trinajstić information content (AvgIpc) is 2.87. The number of hydrogen-bond donors (Lipinski definition) is 1. The van der Waals surface area contributed by atoms with E-state index in [9.17, 15) is 10.1 Å². The average molecular weight is 263 g/mol. The van der Waals surface area contributed by atoms with E-state index in [1.807, 2.05) is 29.1 Å². The fraction of sp³-hybridized carbons (Fsp3) is 0.308. The summed E-state index contributed by atoms with van der Waals surface area (Å²) >= 11 is 0. The lowest BCUT2D eigenvalue weighted by Gasteiger charge is -1.98. The topological polar surface area (TPSA) is 80.4 Å². The van der Waals surface area contributed by atoms with E-state index in [-0.39, 0.29) is 12.5 Å². The Kier molecular flexibility index (Phi) is 4.25. The molecular formula is C13H15N2O4+. The van der Waals surface area contributed by atoms with Crippen LogP contribution in [-0.4, -0.2) is 16.6 Å². The van der Waals surface area contributed by atoms with Crippen LogP contribution < -0.4 is 4.57 Å². The minimum atomic E-state index is -0.549. The van der Waals surface area contributed by atoms with Gasteiger partial charge < -0.3 is 9.52 Å². The molecule has 0 radical (unpaired) electrons. The summed E-state index contributed by atoms with van der Waals surface area (Å²) in [5, 5.41) is 19.2. The molecule has 2 aromatic heterocycles. The third kappa shape index (κ3) is 3.62. The molecule has 0 aliphatic heterocycles. The number of nitrogens with zero attached hydrogens (tertiary/aromatic N) is 2.